The molecule has 140 valence electrons. The molecule has 0 aliphatic carbocycles. The van der Waals surface area contributed by atoms with Crippen molar-refractivity contribution in [2.75, 3.05) is 20.3 Å². The number of hydrogen-bond donors (Lipinski definition) is 0. The van der Waals surface area contributed by atoms with Crippen molar-refractivity contribution in [2.24, 2.45) is 0 Å². The number of aryl methyl sites for hydroxylation is 1. The first kappa shape index (κ1) is 20.1. The van der Waals surface area contributed by atoms with Crippen molar-refractivity contribution < 1.29 is 23.9 Å². The van der Waals surface area contributed by atoms with Crippen LogP contribution in [0.15, 0.2) is 18.2 Å². The summed E-state index contributed by atoms with van der Waals surface area (Å²) < 4.78 is 12.4. The Hall–Kier alpha value is -2.25. The summed E-state index contributed by atoms with van der Waals surface area (Å²) in [6.07, 6.45) is 0. The smallest absolute Gasteiger partial charge is 0.348 e. The molecule has 2 aromatic rings. The van der Waals surface area contributed by atoms with Gasteiger partial charge in [0.05, 0.1) is 17.5 Å². The van der Waals surface area contributed by atoms with Gasteiger partial charge in [0.1, 0.15) is 4.88 Å². The second-order valence-electron chi connectivity index (χ2n) is 6.18. The van der Waals surface area contributed by atoms with Crippen LogP contribution in [0.4, 0.5) is 0 Å². The van der Waals surface area contributed by atoms with Gasteiger partial charge in [-0.05, 0) is 45.9 Å². The highest BCUT2D eigenvalue weighted by molar-refractivity contribution is 7.15. The maximum atomic E-state index is 12.5. The molecule has 0 aliphatic heterocycles. The van der Waals surface area contributed by atoms with Crippen molar-refractivity contribution in [3.05, 3.63) is 44.9 Å². The molecule has 0 N–H and O–H groups in total. The molecular weight excluding hydrogens is 354 g/mol. The lowest BCUT2D eigenvalue weighted by Crippen LogP contribution is -2.16. The summed E-state index contributed by atoms with van der Waals surface area (Å²) in [4.78, 5) is 36.6. The van der Waals surface area contributed by atoms with E-state index in [1.54, 1.807) is 19.2 Å². The van der Waals surface area contributed by atoms with Crippen LogP contribution in [0.3, 0.4) is 0 Å². The molecule has 0 amide bonds. The van der Waals surface area contributed by atoms with E-state index in [1.165, 1.54) is 13.0 Å². The van der Waals surface area contributed by atoms with Crippen LogP contribution in [0.1, 0.15) is 61.0 Å². The molecule has 0 radical (unpaired) electrons. The van der Waals surface area contributed by atoms with Gasteiger partial charge in [0, 0.05) is 24.1 Å². The van der Waals surface area contributed by atoms with Gasteiger partial charge in [-0.1, -0.05) is 0 Å². The summed E-state index contributed by atoms with van der Waals surface area (Å²) in [5.74, 6) is -0.967. The van der Waals surface area contributed by atoms with Crippen molar-refractivity contribution in [3.8, 4) is 0 Å². The van der Waals surface area contributed by atoms with Gasteiger partial charge in [-0.15, -0.1) is 11.3 Å². The lowest BCUT2D eigenvalue weighted by Gasteiger charge is -2.17. The van der Waals surface area contributed by atoms with E-state index in [0.717, 1.165) is 22.7 Å². The average molecular weight is 377 g/mol. The molecular formula is C19H23NO5S. The van der Waals surface area contributed by atoms with E-state index in [-0.39, 0.29) is 24.2 Å². The van der Waals surface area contributed by atoms with Crippen molar-refractivity contribution in [3.63, 3.8) is 0 Å². The Labute approximate surface area is 156 Å². The Morgan fingerprint density at radius 3 is 2.42 bits per heavy atom. The maximum absolute atomic E-state index is 12.5. The number of methoxy groups -OCH3 is 1. The minimum Gasteiger partial charge on any atom is -0.453 e. The van der Waals surface area contributed by atoms with E-state index in [4.69, 9.17) is 9.47 Å². The molecule has 2 rings (SSSR count). The fourth-order valence-corrected chi connectivity index (χ4v) is 3.77. The average Bonchev–Trinajstić information content (AvgIpc) is 3.18. The molecule has 2 heterocycles. The molecule has 0 fully saturated rings. The summed E-state index contributed by atoms with van der Waals surface area (Å²) in [6, 6.07) is 5.01. The summed E-state index contributed by atoms with van der Waals surface area (Å²) in [5, 5.41) is 0. The van der Waals surface area contributed by atoms with Crippen LogP contribution < -0.4 is 0 Å². The SMILES string of the molecule is COCC(C)n1c(C)cc(C(=O)COC(=O)c2ccc(C(C)=O)s2)c1C. The monoisotopic (exact) mass is 377 g/mol. The lowest BCUT2D eigenvalue weighted by atomic mass is 10.1. The van der Waals surface area contributed by atoms with Gasteiger partial charge in [0.15, 0.2) is 12.4 Å². The molecule has 0 saturated heterocycles. The van der Waals surface area contributed by atoms with Crippen molar-refractivity contribution in [1.29, 1.82) is 0 Å². The molecule has 0 aliphatic rings. The molecule has 1 unspecified atom stereocenters. The third-order valence-corrected chi connectivity index (χ3v) is 5.29. The van der Waals surface area contributed by atoms with Gasteiger partial charge in [-0.2, -0.15) is 0 Å². The normalized spacial score (nSPS) is 12.0. The van der Waals surface area contributed by atoms with Gasteiger partial charge in [-0.25, -0.2) is 4.79 Å². The number of ketones is 2. The fourth-order valence-electron chi connectivity index (χ4n) is 2.97. The Morgan fingerprint density at radius 2 is 1.85 bits per heavy atom. The molecule has 0 bridgehead atoms. The Bertz CT molecular complexity index is 833. The van der Waals surface area contributed by atoms with Crippen LogP contribution in [0, 0.1) is 13.8 Å². The Morgan fingerprint density at radius 1 is 1.19 bits per heavy atom. The lowest BCUT2D eigenvalue weighted by molar-refractivity contribution is 0.0479. The van der Waals surface area contributed by atoms with Gasteiger partial charge in [0.2, 0.25) is 5.78 Å². The zero-order valence-electron chi connectivity index (χ0n) is 15.6. The van der Waals surface area contributed by atoms with E-state index in [1.807, 2.05) is 25.3 Å². The number of hydrogen-bond acceptors (Lipinski definition) is 6. The minimum absolute atomic E-state index is 0.0974. The first-order valence-corrected chi connectivity index (χ1v) is 9.06. The predicted molar refractivity (Wildman–Crippen MR) is 99.4 cm³/mol. The van der Waals surface area contributed by atoms with Gasteiger partial charge < -0.3 is 14.0 Å². The van der Waals surface area contributed by atoms with Crippen molar-refractivity contribution in [2.45, 2.75) is 33.7 Å². The van der Waals surface area contributed by atoms with Crippen LogP contribution >= 0.6 is 11.3 Å². The van der Waals surface area contributed by atoms with E-state index in [2.05, 4.69) is 0 Å². The number of thiophene rings is 1. The number of Topliss-reactive ketones (excluding diaryl/α,β-unsaturated/α-hetero) is 2. The second-order valence-corrected chi connectivity index (χ2v) is 7.26. The zero-order chi connectivity index (χ0) is 19.4. The number of carbonyl (C=O) groups excluding carboxylic acids is 3. The maximum Gasteiger partial charge on any atom is 0.348 e. The first-order valence-electron chi connectivity index (χ1n) is 8.24. The highest BCUT2D eigenvalue weighted by Crippen LogP contribution is 2.22. The highest BCUT2D eigenvalue weighted by atomic mass is 32.1. The Kier molecular flexibility index (Phi) is 6.50. The fraction of sp³-hybridized carbons (Fsp3) is 0.421. The number of ether oxygens (including phenoxy) is 2. The molecule has 0 spiro atoms. The summed E-state index contributed by atoms with van der Waals surface area (Å²) >= 11 is 1.06. The molecule has 0 saturated carbocycles. The van der Waals surface area contributed by atoms with Crippen LogP contribution in [-0.4, -0.2) is 42.4 Å². The van der Waals surface area contributed by atoms with E-state index in [9.17, 15) is 14.4 Å². The molecule has 7 heteroatoms. The summed E-state index contributed by atoms with van der Waals surface area (Å²) in [7, 11) is 1.64. The summed E-state index contributed by atoms with van der Waals surface area (Å²) in [6.45, 7) is 7.44. The third-order valence-electron chi connectivity index (χ3n) is 4.12. The van der Waals surface area contributed by atoms with E-state index in [0.29, 0.717) is 21.9 Å². The molecule has 0 aromatic carbocycles. The molecule has 26 heavy (non-hydrogen) atoms. The van der Waals surface area contributed by atoms with Gasteiger partial charge >= 0.3 is 5.97 Å². The molecule has 1 atom stereocenters. The molecule has 6 nitrogen and oxygen atoms in total. The number of nitrogens with zero attached hydrogens (tertiary/aromatic N) is 1. The van der Waals surface area contributed by atoms with Crippen LogP contribution in [0.2, 0.25) is 0 Å². The van der Waals surface area contributed by atoms with Crippen molar-refractivity contribution in [1.82, 2.24) is 4.57 Å². The predicted octanol–water partition coefficient (Wildman–Crippen LogP) is 3.62. The van der Waals surface area contributed by atoms with E-state index < -0.39 is 5.97 Å². The van der Waals surface area contributed by atoms with E-state index >= 15 is 0 Å². The number of esters is 1. The largest absolute Gasteiger partial charge is 0.453 e. The topological polar surface area (TPSA) is 74.6 Å². The zero-order valence-corrected chi connectivity index (χ0v) is 16.4. The minimum atomic E-state index is -0.600. The van der Waals surface area contributed by atoms with Crippen LogP contribution in [0.5, 0.6) is 0 Å². The van der Waals surface area contributed by atoms with Crippen molar-refractivity contribution >= 4 is 28.9 Å². The number of rotatable bonds is 8. The van der Waals surface area contributed by atoms with Gasteiger partial charge in [-0.3, -0.25) is 9.59 Å². The van der Waals surface area contributed by atoms with Crippen LogP contribution in [-0.2, 0) is 9.47 Å². The first-order chi connectivity index (χ1) is 12.3. The third kappa shape index (κ3) is 4.28. The standard InChI is InChI=1S/C19H23NO5S/c1-11-8-15(13(3)20(11)12(2)9-24-5)16(22)10-25-19(23)18-7-6-17(26-18)14(4)21/h6-8,12H,9-10H2,1-5H3. The van der Waals surface area contributed by atoms with Crippen LogP contribution in [0.25, 0.3) is 0 Å². The quantitative estimate of drug-likeness (QED) is 0.519. The summed E-state index contributed by atoms with van der Waals surface area (Å²) in [5.41, 5.74) is 2.31. The molecule has 2 aromatic heterocycles. The Balaban J connectivity index is 2.07. The number of carbonyl (C=O) groups is 3. The van der Waals surface area contributed by atoms with Gasteiger partial charge in [0.25, 0.3) is 0 Å². The number of aromatic nitrogens is 1. The highest BCUT2D eigenvalue weighted by Gasteiger charge is 2.20. The second kappa shape index (κ2) is 8.42.